The first-order valence-corrected chi connectivity index (χ1v) is 9.73. The first-order valence-electron chi connectivity index (χ1n) is 8.85. The van der Waals surface area contributed by atoms with Crippen LogP contribution in [0.4, 0.5) is 0 Å². The number of hydrogen-bond donors (Lipinski definition) is 0. The highest BCUT2D eigenvalue weighted by atomic mass is 32.1. The zero-order valence-corrected chi connectivity index (χ0v) is 15.4. The third-order valence-corrected chi connectivity index (χ3v) is 5.77. The van der Waals surface area contributed by atoms with Crippen molar-refractivity contribution in [1.82, 2.24) is 14.8 Å². The molecule has 0 N–H and O–H groups in total. The van der Waals surface area contributed by atoms with Gasteiger partial charge in [0.05, 0.1) is 28.3 Å². The Morgan fingerprint density at radius 3 is 3.08 bits per heavy atom. The summed E-state index contributed by atoms with van der Waals surface area (Å²) in [6, 6.07) is 8.58. The Bertz CT molecular complexity index is 1010. The summed E-state index contributed by atoms with van der Waals surface area (Å²) in [5, 5.41) is 4.87. The number of benzene rings is 1. The maximum absolute atomic E-state index is 6.13. The summed E-state index contributed by atoms with van der Waals surface area (Å²) < 4.78 is 8.21. The van der Waals surface area contributed by atoms with Gasteiger partial charge in [-0.1, -0.05) is 37.3 Å². The fourth-order valence-corrected chi connectivity index (χ4v) is 4.16. The summed E-state index contributed by atoms with van der Waals surface area (Å²) in [7, 11) is 0. The molecule has 0 bridgehead atoms. The molecule has 2 aromatic heterocycles. The van der Waals surface area contributed by atoms with Crippen molar-refractivity contribution in [3.05, 3.63) is 71.2 Å². The van der Waals surface area contributed by atoms with Crippen LogP contribution in [0, 0.1) is 5.92 Å². The Morgan fingerprint density at radius 2 is 2.23 bits per heavy atom. The molecule has 130 valence electrons. The van der Waals surface area contributed by atoms with Crippen LogP contribution >= 0.6 is 11.3 Å². The molecule has 0 amide bonds. The monoisotopic (exact) mass is 361 g/mol. The van der Waals surface area contributed by atoms with Gasteiger partial charge in [0.15, 0.2) is 0 Å². The molecule has 0 radical (unpaired) electrons. The van der Waals surface area contributed by atoms with Crippen LogP contribution in [-0.4, -0.2) is 14.8 Å². The van der Waals surface area contributed by atoms with Crippen molar-refractivity contribution in [3.8, 4) is 16.2 Å². The summed E-state index contributed by atoms with van der Waals surface area (Å²) in [5.41, 5.74) is 7.68. The van der Waals surface area contributed by atoms with Gasteiger partial charge in [0.1, 0.15) is 12.4 Å². The smallest absolute Gasteiger partial charge is 0.130 e. The molecule has 2 aliphatic rings. The molecule has 5 rings (SSSR count). The topological polar surface area (TPSA) is 39.9 Å². The lowest BCUT2D eigenvalue weighted by Crippen LogP contribution is -2.04. The van der Waals surface area contributed by atoms with E-state index in [9.17, 15) is 0 Å². The van der Waals surface area contributed by atoms with Crippen LogP contribution in [0.15, 0.2) is 54.2 Å². The average Bonchev–Trinajstić information content (AvgIpc) is 3.29. The van der Waals surface area contributed by atoms with Crippen LogP contribution in [0.25, 0.3) is 16.0 Å². The standard InChI is InChI=1S/C21H19N3OS/c1-14-3-2-4-15(7-14)19-9-18-12-25-20-8-16(21-10-22-13-26-21)5-6-17(20)11-24(18)23-19/h2-6,8-10,13-14H,7,11-12H2,1H3. The van der Waals surface area contributed by atoms with E-state index in [0.717, 1.165) is 46.1 Å². The molecule has 4 nitrogen and oxygen atoms in total. The molecule has 0 spiro atoms. The number of allylic oxidation sites excluding steroid dienone is 4. The van der Waals surface area contributed by atoms with Crippen molar-refractivity contribution in [2.45, 2.75) is 26.5 Å². The van der Waals surface area contributed by atoms with Crippen molar-refractivity contribution in [1.29, 1.82) is 0 Å². The van der Waals surface area contributed by atoms with Gasteiger partial charge < -0.3 is 4.74 Å². The van der Waals surface area contributed by atoms with Gasteiger partial charge in [-0.15, -0.1) is 11.3 Å². The van der Waals surface area contributed by atoms with Crippen LogP contribution in [-0.2, 0) is 13.2 Å². The average molecular weight is 361 g/mol. The number of nitrogens with zero attached hydrogens (tertiary/aromatic N) is 3. The quantitative estimate of drug-likeness (QED) is 0.650. The highest BCUT2D eigenvalue weighted by Crippen LogP contribution is 2.33. The van der Waals surface area contributed by atoms with Gasteiger partial charge in [-0.25, -0.2) is 0 Å². The maximum atomic E-state index is 6.13. The number of fused-ring (bicyclic) bond motifs is 2. The van der Waals surface area contributed by atoms with Crippen LogP contribution in [0.5, 0.6) is 5.75 Å². The van der Waals surface area contributed by atoms with Crippen LogP contribution in [0.1, 0.15) is 30.3 Å². The molecule has 1 aliphatic heterocycles. The first kappa shape index (κ1) is 15.6. The minimum Gasteiger partial charge on any atom is -0.487 e. The lowest BCUT2D eigenvalue weighted by atomic mass is 9.94. The van der Waals surface area contributed by atoms with Crippen molar-refractivity contribution in [3.63, 3.8) is 0 Å². The largest absolute Gasteiger partial charge is 0.487 e. The van der Waals surface area contributed by atoms with E-state index in [1.165, 1.54) is 5.57 Å². The summed E-state index contributed by atoms with van der Waals surface area (Å²) >= 11 is 1.64. The van der Waals surface area contributed by atoms with E-state index in [1.807, 2.05) is 11.7 Å². The summed E-state index contributed by atoms with van der Waals surface area (Å²) in [4.78, 5) is 5.33. The van der Waals surface area contributed by atoms with Crippen molar-refractivity contribution in [2.75, 3.05) is 0 Å². The highest BCUT2D eigenvalue weighted by molar-refractivity contribution is 7.13. The fraction of sp³-hybridized carbons (Fsp3) is 0.238. The van der Waals surface area contributed by atoms with Crippen molar-refractivity contribution >= 4 is 16.9 Å². The van der Waals surface area contributed by atoms with Gasteiger partial charge in [-0.3, -0.25) is 9.67 Å². The van der Waals surface area contributed by atoms with E-state index >= 15 is 0 Å². The number of rotatable bonds is 2. The van der Waals surface area contributed by atoms with Crippen LogP contribution in [0.3, 0.4) is 0 Å². The minimum atomic E-state index is 0.546. The van der Waals surface area contributed by atoms with Crippen molar-refractivity contribution < 1.29 is 4.74 Å². The molecule has 1 unspecified atom stereocenters. The molecule has 1 aromatic carbocycles. The molecule has 0 fully saturated rings. The predicted octanol–water partition coefficient (Wildman–Crippen LogP) is 4.93. The number of thiazole rings is 1. The maximum Gasteiger partial charge on any atom is 0.130 e. The number of aromatic nitrogens is 3. The number of hydrogen-bond acceptors (Lipinski definition) is 4. The summed E-state index contributed by atoms with van der Waals surface area (Å²) in [6.45, 7) is 3.53. The number of ether oxygens (including phenoxy) is 1. The SMILES string of the molecule is CC1C=CC=C(c2cc3n(n2)Cc2ccc(-c4cncs4)cc2OC3)C1. The minimum absolute atomic E-state index is 0.546. The van der Waals surface area contributed by atoms with Crippen molar-refractivity contribution in [2.24, 2.45) is 5.92 Å². The molecule has 0 saturated carbocycles. The van der Waals surface area contributed by atoms with E-state index in [4.69, 9.17) is 9.84 Å². The second-order valence-electron chi connectivity index (χ2n) is 6.91. The summed E-state index contributed by atoms with van der Waals surface area (Å²) in [6.07, 6.45) is 9.50. The Kier molecular flexibility index (Phi) is 3.75. The Balaban J connectivity index is 1.46. The van der Waals surface area contributed by atoms with Gasteiger partial charge >= 0.3 is 0 Å². The lowest BCUT2D eigenvalue weighted by Gasteiger charge is -2.12. The van der Waals surface area contributed by atoms with E-state index in [2.05, 4.69) is 59.1 Å². The molecule has 1 atom stereocenters. The third kappa shape index (κ3) is 2.78. The first-order chi connectivity index (χ1) is 12.8. The van der Waals surface area contributed by atoms with E-state index in [-0.39, 0.29) is 0 Å². The third-order valence-electron chi connectivity index (χ3n) is 4.95. The van der Waals surface area contributed by atoms with E-state index in [1.54, 1.807) is 11.3 Å². The Hall–Kier alpha value is -2.66. The van der Waals surface area contributed by atoms with Gasteiger partial charge in [0.25, 0.3) is 0 Å². The van der Waals surface area contributed by atoms with E-state index in [0.29, 0.717) is 12.5 Å². The molecule has 5 heteroatoms. The molecular formula is C21H19N3OS. The van der Waals surface area contributed by atoms with Gasteiger partial charge in [-0.2, -0.15) is 5.10 Å². The van der Waals surface area contributed by atoms with Gasteiger partial charge in [-0.05, 0) is 35.6 Å². The molecular weight excluding hydrogens is 342 g/mol. The van der Waals surface area contributed by atoms with Crippen LogP contribution in [0.2, 0.25) is 0 Å². The second kappa shape index (κ2) is 6.25. The molecule has 3 heterocycles. The normalized spacial score (nSPS) is 18.5. The van der Waals surface area contributed by atoms with E-state index < -0.39 is 0 Å². The zero-order valence-electron chi connectivity index (χ0n) is 14.6. The molecule has 1 aliphatic carbocycles. The lowest BCUT2D eigenvalue weighted by molar-refractivity contribution is 0.302. The highest BCUT2D eigenvalue weighted by Gasteiger charge is 2.19. The fourth-order valence-electron chi connectivity index (χ4n) is 3.54. The predicted molar refractivity (Wildman–Crippen MR) is 104 cm³/mol. The Labute approximate surface area is 156 Å². The van der Waals surface area contributed by atoms with Gasteiger partial charge in [0.2, 0.25) is 0 Å². The second-order valence-corrected chi connectivity index (χ2v) is 7.80. The summed E-state index contributed by atoms with van der Waals surface area (Å²) in [5.74, 6) is 1.51. The molecule has 3 aromatic rings. The molecule has 26 heavy (non-hydrogen) atoms. The zero-order chi connectivity index (χ0) is 17.5. The van der Waals surface area contributed by atoms with Gasteiger partial charge in [0, 0.05) is 11.8 Å². The van der Waals surface area contributed by atoms with Crippen LogP contribution < -0.4 is 4.74 Å². The molecule has 0 saturated heterocycles. The Morgan fingerprint density at radius 1 is 1.27 bits per heavy atom.